The first kappa shape index (κ1) is 12.6. The molecule has 0 fully saturated rings. The van der Waals surface area contributed by atoms with E-state index in [2.05, 4.69) is 9.97 Å². The van der Waals surface area contributed by atoms with E-state index in [1.807, 2.05) is 29.2 Å². The molecule has 1 unspecified atom stereocenters. The number of rotatable bonds is 2. The fourth-order valence-corrected chi connectivity index (χ4v) is 2.68. The molecule has 20 heavy (non-hydrogen) atoms. The number of aliphatic carboxylic acids is 1. The van der Waals surface area contributed by atoms with E-state index in [1.165, 1.54) is 0 Å². The lowest BCUT2D eigenvalue weighted by molar-refractivity contribution is -0.138. The van der Waals surface area contributed by atoms with Gasteiger partial charge in [0.25, 0.3) is 0 Å². The molecule has 0 saturated heterocycles. The second-order valence-corrected chi connectivity index (χ2v) is 4.85. The first-order valence-corrected chi connectivity index (χ1v) is 6.54. The van der Waals surface area contributed by atoms with Crippen LogP contribution in [0.2, 0.25) is 0 Å². The fourth-order valence-electron chi connectivity index (χ4n) is 2.68. The zero-order chi connectivity index (χ0) is 14.1. The minimum absolute atomic E-state index is 0.643. The first-order valence-electron chi connectivity index (χ1n) is 6.54. The number of hydrogen-bond acceptors (Lipinski definition) is 4. The lowest BCUT2D eigenvalue weighted by Crippen LogP contribution is -2.40. The third-order valence-electron chi connectivity index (χ3n) is 3.57. The maximum atomic E-state index is 11.7. The van der Waals surface area contributed by atoms with Gasteiger partial charge in [-0.3, -0.25) is 0 Å². The molecule has 3 rings (SSSR count). The van der Waals surface area contributed by atoms with Gasteiger partial charge >= 0.3 is 5.97 Å². The van der Waals surface area contributed by atoms with Gasteiger partial charge in [-0.05, 0) is 30.5 Å². The SMILES string of the molecule is Cc1nccc(N2CCc3ccccc3C2C(=O)O)n1. The molecule has 102 valence electrons. The number of benzene rings is 1. The van der Waals surface area contributed by atoms with E-state index < -0.39 is 12.0 Å². The maximum Gasteiger partial charge on any atom is 0.331 e. The third-order valence-corrected chi connectivity index (χ3v) is 3.57. The predicted octanol–water partition coefficient (Wildman–Crippen LogP) is 1.97. The zero-order valence-electron chi connectivity index (χ0n) is 11.2. The van der Waals surface area contributed by atoms with Gasteiger partial charge in [-0.25, -0.2) is 14.8 Å². The van der Waals surface area contributed by atoms with Gasteiger partial charge in [-0.2, -0.15) is 0 Å². The number of carbonyl (C=O) groups is 1. The molecular weight excluding hydrogens is 254 g/mol. The van der Waals surface area contributed by atoms with Crippen LogP contribution < -0.4 is 4.90 Å². The summed E-state index contributed by atoms with van der Waals surface area (Å²) in [5, 5.41) is 9.60. The standard InChI is InChI=1S/C15H15N3O2/c1-10-16-8-6-13(17-10)18-9-7-11-4-2-3-5-12(11)14(18)15(19)20/h2-6,8,14H,7,9H2,1H3,(H,19,20). The number of carboxylic acids is 1. The number of carboxylic acid groups (broad SMARTS) is 1. The van der Waals surface area contributed by atoms with Gasteiger partial charge in [0.2, 0.25) is 0 Å². The molecule has 2 heterocycles. The number of hydrogen-bond donors (Lipinski definition) is 1. The summed E-state index contributed by atoms with van der Waals surface area (Å²) >= 11 is 0. The molecule has 1 aliphatic heterocycles. The molecule has 0 bridgehead atoms. The van der Waals surface area contributed by atoms with Gasteiger partial charge in [0.1, 0.15) is 11.6 Å². The van der Waals surface area contributed by atoms with E-state index in [9.17, 15) is 9.90 Å². The van der Waals surface area contributed by atoms with E-state index in [0.29, 0.717) is 18.2 Å². The van der Waals surface area contributed by atoms with Crippen LogP contribution >= 0.6 is 0 Å². The monoisotopic (exact) mass is 269 g/mol. The van der Waals surface area contributed by atoms with E-state index >= 15 is 0 Å². The van der Waals surface area contributed by atoms with Crippen molar-refractivity contribution in [2.24, 2.45) is 0 Å². The van der Waals surface area contributed by atoms with Crippen LogP contribution in [-0.2, 0) is 11.2 Å². The van der Waals surface area contributed by atoms with Crippen molar-refractivity contribution in [3.05, 3.63) is 53.5 Å². The van der Waals surface area contributed by atoms with Crippen LogP contribution in [0.4, 0.5) is 5.82 Å². The molecule has 0 radical (unpaired) electrons. The van der Waals surface area contributed by atoms with Crippen molar-refractivity contribution < 1.29 is 9.90 Å². The van der Waals surface area contributed by atoms with Gasteiger partial charge in [-0.15, -0.1) is 0 Å². The summed E-state index contributed by atoms with van der Waals surface area (Å²) in [4.78, 5) is 22.0. The molecule has 0 spiro atoms. The lowest BCUT2D eigenvalue weighted by atomic mass is 9.92. The van der Waals surface area contributed by atoms with Crippen LogP contribution in [0.25, 0.3) is 0 Å². The van der Waals surface area contributed by atoms with Gasteiger partial charge in [0.15, 0.2) is 6.04 Å². The largest absolute Gasteiger partial charge is 0.479 e. The summed E-state index contributed by atoms with van der Waals surface area (Å²) in [6.45, 7) is 2.45. The Balaban J connectivity index is 2.07. The normalized spacial score (nSPS) is 17.6. The second kappa shape index (κ2) is 4.92. The highest BCUT2D eigenvalue weighted by molar-refractivity contribution is 5.81. The average molecular weight is 269 g/mol. The lowest BCUT2D eigenvalue weighted by Gasteiger charge is -2.35. The molecule has 5 heteroatoms. The first-order chi connectivity index (χ1) is 9.66. The summed E-state index contributed by atoms with van der Waals surface area (Å²) in [5.74, 6) is 0.457. The van der Waals surface area contributed by atoms with E-state index in [1.54, 1.807) is 19.2 Å². The molecular formula is C15H15N3O2. The van der Waals surface area contributed by atoms with Crippen molar-refractivity contribution >= 4 is 11.8 Å². The van der Waals surface area contributed by atoms with Crippen molar-refractivity contribution in [1.82, 2.24) is 9.97 Å². The Morgan fingerprint density at radius 2 is 2.15 bits per heavy atom. The summed E-state index contributed by atoms with van der Waals surface area (Å²) in [6.07, 6.45) is 2.49. The molecule has 0 amide bonds. The highest BCUT2D eigenvalue weighted by Crippen LogP contribution is 2.32. The van der Waals surface area contributed by atoms with Gasteiger partial charge < -0.3 is 10.0 Å². The highest BCUT2D eigenvalue weighted by atomic mass is 16.4. The van der Waals surface area contributed by atoms with Gasteiger partial charge in [0, 0.05) is 12.7 Å². The Hall–Kier alpha value is -2.43. The average Bonchev–Trinajstić information content (AvgIpc) is 2.45. The molecule has 1 aliphatic rings. The van der Waals surface area contributed by atoms with Crippen LogP contribution in [0.5, 0.6) is 0 Å². The van der Waals surface area contributed by atoms with Crippen LogP contribution in [0.3, 0.4) is 0 Å². The molecule has 0 aliphatic carbocycles. The number of aromatic nitrogens is 2. The van der Waals surface area contributed by atoms with E-state index in [4.69, 9.17) is 0 Å². The molecule has 1 atom stereocenters. The smallest absolute Gasteiger partial charge is 0.331 e. The molecule has 1 aromatic heterocycles. The summed E-state index contributed by atoms with van der Waals surface area (Å²) < 4.78 is 0. The summed E-state index contributed by atoms with van der Waals surface area (Å²) in [5.41, 5.74) is 1.95. The Morgan fingerprint density at radius 1 is 1.35 bits per heavy atom. The van der Waals surface area contributed by atoms with Crippen molar-refractivity contribution in [3.8, 4) is 0 Å². The van der Waals surface area contributed by atoms with E-state index in [0.717, 1.165) is 17.5 Å². The number of aryl methyl sites for hydroxylation is 1. The Labute approximate surface area is 116 Å². The maximum absolute atomic E-state index is 11.7. The molecule has 2 aromatic rings. The molecule has 1 aromatic carbocycles. The van der Waals surface area contributed by atoms with Crippen LogP contribution in [0.15, 0.2) is 36.5 Å². The van der Waals surface area contributed by atoms with Crippen molar-refractivity contribution in [3.63, 3.8) is 0 Å². The minimum atomic E-state index is -0.853. The number of nitrogens with zero attached hydrogens (tertiary/aromatic N) is 3. The predicted molar refractivity (Wildman–Crippen MR) is 74.6 cm³/mol. The Bertz CT molecular complexity index is 657. The summed E-state index contributed by atoms with van der Waals surface area (Å²) in [7, 11) is 0. The highest BCUT2D eigenvalue weighted by Gasteiger charge is 2.33. The topological polar surface area (TPSA) is 66.3 Å². The zero-order valence-corrected chi connectivity index (χ0v) is 11.2. The van der Waals surface area contributed by atoms with Gasteiger partial charge in [0.05, 0.1) is 0 Å². The molecule has 1 N–H and O–H groups in total. The van der Waals surface area contributed by atoms with Crippen molar-refractivity contribution in [2.75, 3.05) is 11.4 Å². The number of anilines is 1. The summed E-state index contributed by atoms with van der Waals surface area (Å²) in [6, 6.07) is 8.78. The van der Waals surface area contributed by atoms with Gasteiger partial charge in [-0.1, -0.05) is 24.3 Å². The van der Waals surface area contributed by atoms with Crippen LogP contribution in [-0.4, -0.2) is 27.6 Å². The third kappa shape index (κ3) is 2.11. The Morgan fingerprint density at radius 3 is 2.90 bits per heavy atom. The second-order valence-electron chi connectivity index (χ2n) is 4.85. The van der Waals surface area contributed by atoms with E-state index in [-0.39, 0.29) is 0 Å². The molecule has 5 nitrogen and oxygen atoms in total. The van der Waals surface area contributed by atoms with Crippen LogP contribution in [0, 0.1) is 6.92 Å². The van der Waals surface area contributed by atoms with Crippen molar-refractivity contribution in [2.45, 2.75) is 19.4 Å². The quantitative estimate of drug-likeness (QED) is 0.903. The van der Waals surface area contributed by atoms with Crippen LogP contribution in [0.1, 0.15) is 23.0 Å². The molecule has 0 saturated carbocycles. The van der Waals surface area contributed by atoms with Crippen molar-refractivity contribution in [1.29, 1.82) is 0 Å². The minimum Gasteiger partial charge on any atom is -0.479 e. The Kier molecular flexibility index (Phi) is 3.10. The number of fused-ring (bicyclic) bond motifs is 1. The fraction of sp³-hybridized carbons (Fsp3) is 0.267.